The molecule has 0 saturated carbocycles. The van der Waals surface area contributed by atoms with Crippen LogP contribution in [0.25, 0.3) is 0 Å². The van der Waals surface area contributed by atoms with E-state index < -0.39 is 15.8 Å². The van der Waals surface area contributed by atoms with Crippen LogP contribution in [0.1, 0.15) is 36.5 Å². The minimum atomic E-state index is -3.58. The Morgan fingerprint density at radius 3 is 2.68 bits per heavy atom. The van der Waals surface area contributed by atoms with Crippen LogP contribution in [0.3, 0.4) is 0 Å². The van der Waals surface area contributed by atoms with Gasteiger partial charge in [-0.1, -0.05) is 41.1 Å². The minimum absolute atomic E-state index is 0.132. The van der Waals surface area contributed by atoms with Crippen LogP contribution in [-0.2, 0) is 33.5 Å². The lowest BCUT2D eigenvalue weighted by Gasteiger charge is -2.29. The summed E-state index contributed by atoms with van der Waals surface area (Å²) in [5.74, 6) is -0.532. The summed E-state index contributed by atoms with van der Waals surface area (Å²) in [6.45, 7) is 2.88. The number of rotatable bonds is 7. The fourth-order valence-electron chi connectivity index (χ4n) is 3.28. The van der Waals surface area contributed by atoms with Gasteiger partial charge in [-0.2, -0.15) is 0 Å². The van der Waals surface area contributed by atoms with Crippen molar-refractivity contribution in [1.82, 2.24) is 4.72 Å². The quantitative estimate of drug-likeness (QED) is 0.669. The summed E-state index contributed by atoms with van der Waals surface area (Å²) in [6, 6.07) is 9.64. The summed E-state index contributed by atoms with van der Waals surface area (Å²) in [4.78, 5) is 13.9. The second kappa shape index (κ2) is 8.71. The number of hydrogen-bond donors (Lipinski definition) is 1. The van der Waals surface area contributed by atoms with E-state index in [1.165, 1.54) is 18.2 Å². The van der Waals surface area contributed by atoms with Crippen LogP contribution >= 0.6 is 15.9 Å². The molecular formula is C20H22BrFN2O3S. The monoisotopic (exact) mass is 468 g/mol. The van der Waals surface area contributed by atoms with E-state index >= 15 is 0 Å². The zero-order chi connectivity index (χ0) is 20.3. The number of nitrogens with one attached hydrogen (secondary N) is 1. The molecule has 1 aliphatic heterocycles. The van der Waals surface area contributed by atoms with Gasteiger partial charge in [0.15, 0.2) is 0 Å². The molecule has 0 radical (unpaired) electrons. The summed E-state index contributed by atoms with van der Waals surface area (Å²) >= 11 is 3.20. The van der Waals surface area contributed by atoms with Crippen molar-refractivity contribution in [1.29, 1.82) is 0 Å². The van der Waals surface area contributed by atoms with Gasteiger partial charge in [0.25, 0.3) is 0 Å². The summed E-state index contributed by atoms with van der Waals surface area (Å²) in [5, 5.41) is 0. The average Bonchev–Trinajstić information content (AvgIpc) is 2.65. The van der Waals surface area contributed by atoms with Crippen molar-refractivity contribution < 1.29 is 17.6 Å². The minimum Gasteiger partial charge on any atom is -0.312 e. The topological polar surface area (TPSA) is 66.5 Å². The number of halogens is 2. The first-order chi connectivity index (χ1) is 13.3. The Morgan fingerprint density at radius 2 is 1.96 bits per heavy atom. The summed E-state index contributed by atoms with van der Waals surface area (Å²) in [6.07, 6.45) is 2.02. The van der Waals surface area contributed by atoms with E-state index in [4.69, 9.17) is 0 Å². The van der Waals surface area contributed by atoms with Crippen molar-refractivity contribution >= 4 is 37.5 Å². The van der Waals surface area contributed by atoms with Gasteiger partial charge in [-0.05, 0) is 47.7 Å². The first-order valence-corrected chi connectivity index (χ1v) is 11.6. The largest absolute Gasteiger partial charge is 0.312 e. The van der Waals surface area contributed by atoms with E-state index in [1.54, 1.807) is 4.90 Å². The molecule has 150 valence electrons. The second-order valence-corrected chi connectivity index (χ2v) is 9.49. The molecule has 0 aromatic heterocycles. The summed E-state index contributed by atoms with van der Waals surface area (Å²) in [5.41, 5.74) is 3.31. The number of carbonyl (C=O) groups excluding carboxylic acids is 1. The lowest BCUT2D eigenvalue weighted by Crippen LogP contribution is -2.35. The zero-order valence-electron chi connectivity index (χ0n) is 15.5. The van der Waals surface area contributed by atoms with Gasteiger partial charge in [-0.3, -0.25) is 4.79 Å². The van der Waals surface area contributed by atoms with Crippen LogP contribution in [0.2, 0.25) is 0 Å². The molecular weight excluding hydrogens is 447 g/mol. The Balaban J connectivity index is 1.70. The molecule has 5 nitrogen and oxygen atoms in total. The normalized spacial score (nSPS) is 14.2. The van der Waals surface area contributed by atoms with Crippen LogP contribution in [0, 0.1) is 5.82 Å². The van der Waals surface area contributed by atoms with Crippen LogP contribution in [-0.4, -0.2) is 20.9 Å². The maximum absolute atomic E-state index is 13.2. The molecule has 3 rings (SSSR count). The van der Waals surface area contributed by atoms with Gasteiger partial charge >= 0.3 is 0 Å². The molecule has 1 heterocycles. The van der Waals surface area contributed by atoms with Crippen molar-refractivity contribution in [2.45, 2.75) is 38.5 Å². The first-order valence-electron chi connectivity index (χ1n) is 9.12. The fraction of sp³-hybridized carbons (Fsp3) is 0.350. The lowest BCUT2D eigenvalue weighted by molar-refractivity contribution is -0.118. The van der Waals surface area contributed by atoms with Gasteiger partial charge in [0.05, 0.1) is 5.75 Å². The Hall–Kier alpha value is -1.77. The number of sulfonamides is 1. The van der Waals surface area contributed by atoms with Crippen LogP contribution < -0.4 is 9.62 Å². The van der Waals surface area contributed by atoms with E-state index in [2.05, 4.69) is 20.7 Å². The number of hydrogen-bond acceptors (Lipinski definition) is 3. The summed E-state index contributed by atoms with van der Waals surface area (Å²) in [7, 11) is -3.58. The van der Waals surface area contributed by atoms with E-state index in [-0.39, 0.29) is 18.2 Å². The van der Waals surface area contributed by atoms with E-state index in [9.17, 15) is 17.6 Å². The van der Waals surface area contributed by atoms with Gasteiger partial charge in [0, 0.05) is 29.7 Å². The highest BCUT2D eigenvalue weighted by atomic mass is 79.9. The Kier molecular flexibility index (Phi) is 6.52. The predicted molar refractivity (Wildman–Crippen MR) is 111 cm³/mol. The van der Waals surface area contributed by atoms with Crippen molar-refractivity contribution in [3.63, 3.8) is 0 Å². The average molecular weight is 469 g/mol. The highest BCUT2D eigenvalue weighted by Gasteiger charge is 2.23. The van der Waals surface area contributed by atoms with Crippen LogP contribution in [0.4, 0.5) is 10.1 Å². The van der Waals surface area contributed by atoms with Crippen molar-refractivity contribution in [3.05, 3.63) is 63.4 Å². The van der Waals surface area contributed by atoms with Crippen molar-refractivity contribution in [3.8, 4) is 0 Å². The van der Waals surface area contributed by atoms with E-state index in [1.807, 2.05) is 25.1 Å². The van der Waals surface area contributed by atoms with E-state index in [0.29, 0.717) is 29.4 Å². The molecule has 0 fully saturated rings. The molecule has 1 amide bonds. The number of anilines is 1. The van der Waals surface area contributed by atoms with E-state index in [0.717, 1.165) is 23.2 Å². The van der Waals surface area contributed by atoms with Gasteiger partial charge in [-0.15, -0.1) is 0 Å². The number of benzene rings is 2. The highest BCUT2D eigenvalue weighted by molar-refractivity contribution is 9.10. The molecule has 0 unspecified atom stereocenters. The predicted octanol–water partition coefficient (Wildman–Crippen LogP) is 3.90. The standard InChI is InChI=1S/C20H22BrFN2O3S/c1-2-9-24-19-7-3-14(10-15(19)5-8-20(24)25)12-23-28(26,27)13-16-4-6-17(22)11-18(16)21/h3-4,6-7,10-11,23H,2,5,8-9,12-13H2,1H3. The number of nitrogens with zero attached hydrogens (tertiary/aromatic N) is 1. The lowest BCUT2D eigenvalue weighted by atomic mass is 9.98. The molecule has 0 bridgehead atoms. The molecule has 0 atom stereocenters. The number of fused-ring (bicyclic) bond motifs is 1. The molecule has 2 aromatic rings. The molecule has 28 heavy (non-hydrogen) atoms. The third kappa shape index (κ3) is 4.98. The molecule has 1 aliphatic rings. The van der Waals surface area contributed by atoms with Gasteiger partial charge in [0.2, 0.25) is 15.9 Å². The van der Waals surface area contributed by atoms with Gasteiger partial charge in [0.1, 0.15) is 5.82 Å². The number of carbonyl (C=O) groups is 1. The summed E-state index contributed by atoms with van der Waals surface area (Å²) < 4.78 is 41.0. The maximum Gasteiger partial charge on any atom is 0.227 e. The van der Waals surface area contributed by atoms with Crippen molar-refractivity contribution in [2.24, 2.45) is 0 Å². The third-order valence-corrected chi connectivity index (χ3v) is 6.66. The third-order valence-electron chi connectivity index (χ3n) is 4.65. The Bertz CT molecular complexity index is 995. The fourth-order valence-corrected chi connectivity index (χ4v) is 5.11. The first kappa shape index (κ1) is 21.0. The van der Waals surface area contributed by atoms with Crippen LogP contribution in [0.15, 0.2) is 40.9 Å². The number of amides is 1. The van der Waals surface area contributed by atoms with Gasteiger partial charge < -0.3 is 4.90 Å². The highest BCUT2D eigenvalue weighted by Crippen LogP contribution is 2.29. The molecule has 1 N–H and O–H groups in total. The van der Waals surface area contributed by atoms with Crippen LogP contribution in [0.5, 0.6) is 0 Å². The molecule has 0 saturated heterocycles. The maximum atomic E-state index is 13.2. The molecule has 2 aromatic carbocycles. The zero-order valence-corrected chi connectivity index (χ0v) is 17.9. The van der Waals surface area contributed by atoms with Gasteiger partial charge in [-0.25, -0.2) is 17.5 Å². The Labute approximate surface area is 173 Å². The molecule has 0 spiro atoms. The van der Waals surface area contributed by atoms with Crippen molar-refractivity contribution in [2.75, 3.05) is 11.4 Å². The number of aryl methyl sites for hydroxylation is 1. The molecule has 8 heteroatoms. The SMILES string of the molecule is CCCN1C(=O)CCc2cc(CNS(=O)(=O)Cc3ccc(F)cc3Br)ccc21. The molecule has 0 aliphatic carbocycles. The smallest absolute Gasteiger partial charge is 0.227 e. The second-order valence-electron chi connectivity index (χ2n) is 6.82. The Morgan fingerprint density at radius 1 is 1.18 bits per heavy atom.